The van der Waals surface area contributed by atoms with Crippen LogP contribution in [0.4, 0.5) is 0 Å². The van der Waals surface area contributed by atoms with Crippen LogP contribution in [0.3, 0.4) is 0 Å². The molecule has 4 heteroatoms. The first kappa shape index (κ1) is 13.1. The van der Waals surface area contributed by atoms with Crippen molar-refractivity contribution < 1.29 is 14.6 Å². The van der Waals surface area contributed by atoms with E-state index in [0.717, 1.165) is 25.7 Å². The van der Waals surface area contributed by atoms with Gasteiger partial charge in [-0.15, -0.1) is 0 Å². The van der Waals surface area contributed by atoms with Crippen LogP contribution in [0.5, 0.6) is 0 Å². The highest BCUT2D eigenvalue weighted by atomic mass is 16.5. The third kappa shape index (κ3) is 3.29. The molecule has 3 nitrogen and oxygen atoms in total. The molecule has 88 valence electrons. The Labute approximate surface area is 98.3 Å². The second-order valence-corrected chi connectivity index (χ2v) is 4.47. The van der Waals surface area contributed by atoms with Gasteiger partial charge in [0.1, 0.15) is 0 Å². The molecule has 0 aromatic heterocycles. The van der Waals surface area contributed by atoms with Crippen LogP contribution in [0.1, 0.15) is 32.6 Å². The molecule has 0 saturated heterocycles. The van der Waals surface area contributed by atoms with Crippen molar-refractivity contribution in [1.29, 1.82) is 0 Å². The lowest BCUT2D eigenvalue weighted by Crippen LogP contribution is -2.29. The van der Waals surface area contributed by atoms with Crippen molar-refractivity contribution in [1.82, 2.24) is 0 Å². The van der Waals surface area contributed by atoms with E-state index in [9.17, 15) is 4.79 Å². The monoisotopic (exact) mass is 222 g/mol. The standard InChI is InChI=1S/C12H19BO3/c1-8(7-13)16-9(2)10-5-3-4-6-11(10)12(14)15/h8,10-11H,2-7H2,1H3,(H,14,15). The first-order valence-electron chi connectivity index (χ1n) is 5.84. The van der Waals surface area contributed by atoms with E-state index >= 15 is 0 Å². The Balaban J connectivity index is 2.60. The number of carboxylic acids is 1. The van der Waals surface area contributed by atoms with Crippen molar-refractivity contribution in [3.63, 3.8) is 0 Å². The Morgan fingerprint density at radius 3 is 2.56 bits per heavy atom. The molecule has 16 heavy (non-hydrogen) atoms. The minimum atomic E-state index is -0.741. The van der Waals surface area contributed by atoms with Crippen molar-refractivity contribution >= 4 is 13.8 Å². The maximum Gasteiger partial charge on any atom is 0.307 e. The first-order valence-corrected chi connectivity index (χ1v) is 5.84. The van der Waals surface area contributed by atoms with E-state index < -0.39 is 5.97 Å². The van der Waals surface area contributed by atoms with Gasteiger partial charge in [0, 0.05) is 5.92 Å². The van der Waals surface area contributed by atoms with Crippen molar-refractivity contribution in [2.24, 2.45) is 11.8 Å². The molecule has 0 aromatic carbocycles. The third-order valence-electron chi connectivity index (χ3n) is 3.18. The maximum atomic E-state index is 11.1. The number of carbonyl (C=O) groups is 1. The minimum absolute atomic E-state index is 0.0553. The van der Waals surface area contributed by atoms with Crippen LogP contribution in [-0.4, -0.2) is 25.0 Å². The van der Waals surface area contributed by atoms with Gasteiger partial charge in [-0.25, -0.2) is 0 Å². The van der Waals surface area contributed by atoms with Crippen LogP contribution in [0.15, 0.2) is 12.3 Å². The average Bonchev–Trinajstić information content (AvgIpc) is 2.28. The molecule has 2 radical (unpaired) electrons. The average molecular weight is 222 g/mol. The summed E-state index contributed by atoms with van der Waals surface area (Å²) in [5, 5.41) is 9.13. The second-order valence-electron chi connectivity index (χ2n) is 4.47. The maximum absolute atomic E-state index is 11.1. The van der Waals surface area contributed by atoms with Gasteiger partial charge in [0.05, 0.1) is 25.6 Å². The topological polar surface area (TPSA) is 46.5 Å². The molecule has 0 aromatic rings. The van der Waals surface area contributed by atoms with Crippen molar-refractivity contribution in [2.45, 2.75) is 45.0 Å². The SMILES string of the molecule is [B]CC(C)OC(=C)C1CCCCC1C(=O)O. The van der Waals surface area contributed by atoms with E-state index in [4.69, 9.17) is 17.7 Å². The number of rotatable bonds is 5. The summed E-state index contributed by atoms with van der Waals surface area (Å²) < 4.78 is 5.54. The Hall–Kier alpha value is -0.925. The second kappa shape index (κ2) is 5.97. The predicted octanol–water partition coefficient (Wildman–Crippen LogP) is 2.38. The quantitative estimate of drug-likeness (QED) is 0.573. The van der Waals surface area contributed by atoms with Crippen molar-refractivity contribution in [2.75, 3.05) is 0 Å². The van der Waals surface area contributed by atoms with Gasteiger partial charge in [-0.1, -0.05) is 25.7 Å². The van der Waals surface area contributed by atoms with Crippen LogP contribution in [-0.2, 0) is 9.53 Å². The normalized spacial score (nSPS) is 27.1. The summed E-state index contributed by atoms with van der Waals surface area (Å²) in [7, 11) is 5.46. The summed E-state index contributed by atoms with van der Waals surface area (Å²) in [4.78, 5) is 11.1. The zero-order valence-electron chi connectivity index (χ0n) is 9.82. The van der Waals surface area contributed by atoms with Crippen molar-refractivity contribution in [3.8, 4) is 0 Å². The van der Waals surface area contributed by atoms with Gasteiger partial charge in [-0.3, -0.25) is 4.79 Å². The lowest BCUT2D eigenvalue weighted by Gasteiger charge is -2.31. The molecular weight excluding hydrogens is 203 g/mol. The molecule has 3 unspecified atom stereocenters. The van der Waals surface area contributed by atoms with Crippen LogP contribution in [0.25, 0.3) is 0 Å². The molecule has 0 aliphatic heterocycles. The summed E-state index contributed by atoms with van der Waals surface area (Å²) in [6, 6.07) is 0. The fourth-order valence-electron chi connectivity index (χ4n) is 2.21. The van der Waals surface area contributed by atoms with Crippen molar-refractivity contribution in [3.05, 3.63) is 12.3 Å². The molecular formula is C12H19BO3. The van der Waals surface area contributed by atoms with E-state index in [0.29, 0.717) is 12.1 Å². The Kier molecular flexibility index (Phi) is 4.90. The van der Waals surface area contributed by atoms with E-state index in [1.165, 1.54) is 0 Å². The Morgan fingerprint density at radius 1 is 1.50 bits per heavy atom. The molecule has 1 aliphatic rings. The van der Waals surface area contributed by atoms with E-state index in [2.05, 4.69) is 6.58 Å². The summed E-state index contributed by atoms with van der Waals surface area (Å²) in [5.41, 5.74) is 0. The zero-order chi connectivity index (χ0) is 12.1. The number of carboxylic acid groups (broad SMARTS) is 1. The van der Waals surface area contributed by atoms with Gasteiger partial charge in [0.2, 0.25) is 0 Å². The van der Waals surface area contributed by atoms with Gasteiger partial charge in [-0.2, -0.15) is 0 Å². The largest absolute Gasteiger partial charge is 0.496 e. The molecule has 1 saturated carbocycles. The number of aliphatic carboxylic acids is 1. The van der Waals surface area contributed by atoms with Gasteiger partial charge >= 0.3 is 5.97 Å². The number of ether oxygens (including phenoxy) is 1. The molecule has 0 amide bonds. The van der Waals surface area contributed by atoms with E-state index in [-0.39, 0.29) is 17.9 Å². The predicted molar refractivity (Wildman–Crippen MR) is 63.3 cm³/mol. The Morgan fingerprint density at radius 2 is 2.06 bits per heavy atom. The molecule has 0 bridgehead atoms. The summed E-state index contributed by atoms with van der Waals surface area (Å²) in [6.45, 7) is 5.72. The number of hydrogen-bond acceptors (Lipinski definition) is 2. The lowest BCUT2D eigenvalue weighted by atomic mass is 9.78. The highest BCUT2D eigenvalue weighted by Crippen LogP contribution is 2.35. The highest BCUT2D eigenvalue weighted by molar-refractivity contribution is 6.08. The summed E-state index contributed by atoms with van der Waals surface area (Å²) in [6.07, 6.45) is 3.93. The lowest BCUT2D eigenvalue weighted by molar-refractivity contribution is -0.145. The number of hydrogen-bond donors (Lipinski definition) is 1. The van der Waals surface area contributed by atoms with E-state index in [1.807, 2.05) is 6.92 Å². The van der Waals surface area contributed by atoms with Crippen LogP contribution in [0.2, 0.25) is 6.32 Å². The highest BCUT2D eigenvalue weighted by Gasteiger charge is 2.33. The fourth-order valence-corrected chi connectivity index (χ4v) is 2.21. The first-order chi connectivity index (χ1) is 7.56. The molecule has 1 aliphatic carbocycles. The zero-order valence-corrected chi connectivity index (χ0v) is 9.82. The summed E-state index contributed by atoms with van der Waals surface area (Å²) in [5.74, 6) is -0.550. The molecule has 3 atom stereocenters. The minimum Gasteiger partial charge on any atom is -0.496 e. The van der Waals surface area contributed by atoms with Crippen LogP contribution >= 0.6 is 0 Å². The summed E-state index contributed by atoms with van der Waals surface area (Å²) >= 11 is 0. The van der Waals surface area contributed by atoms with Crippen LogP contribution < -0.4 is 0 Å². The number of allylic oxidation sites excluding steroid dienone is 1. The third-order valence-corrected chi connectivity index (χ3v) is 3.18. The van der Waals surface area contributed by atoms with Gasteiger partial charge in [-0.05, 0) is 19.8 Å². The van der Waals surface area contributed by atoms with Gasteiger partial charge < -0.3 is 9.84 Å². The van der Waals surface area contributed by atoms with E-state index in [1.54, 1.807) is 0 Å². The smallest absolute Gasteiger partial charge is 0.307 e. The van der Waals surface area contributed by atoms with Gasteiger partial charge in [0.25, 0.3) is 0 Å². The van der Waals surface area contributed by atoms with Crippen LogP contribution in [0, 0.1) is 11.8 Å². The molecule has 1 fully saturated rings. The van der Waals surface area contributed by atoms with Gasteiger partial charge in [0.15, 0.2) is 0 Å². The molecule has 1 N–H and O–H groups in total. The fraction of sp³-hybridized carbons (Fsp3) is 0.750. The Bertz CT molecular complexity index is 265. The molecule has 0 spiro atoms. The molecule has 0 heterocycles. The molecule has 1 rings (SSSR count).